The number of nitrogens with two attached hydrogens (primary N) is 3. The maximum Gasteiger partial charge on any atom is 0.218 e. The topological polar surface area (TPSA) is 142 Å². The molecular formula is C6H11N7O. The van der Waals surface area contributed by atoms with Crippen LogP contribution < -0.4 is 17.2 Å². The Hall–Kier alpha value is -2.12. The third kappa shape index (κ3) is 3.52. The molecule has 0 saturated heterocycles. The van der Waals surface area contributed by atoms with Gasteiger partial charge < -0.3 is 21.7 Å². The van der Waals surface area contributed by atoms with E-state index in [1.807, 2.05) is 0 Å². The van der Waals surface area contributed by atoms with E-state index in [1.54, 1.807) is 0 Å². The van der Waals surface area contributed by atoms with E-state index >= 15 is 0 Å². The highest BCUT2D eigenvalue weighted by molar-refractivity contribution is 5.92. The molecule has 0 saturated carbocycles. The Labute approximate surface area is 79.9 Å². The number of hydrogen-bond donors (Lipinski definition) is 3. The lowest BCUT2D eigenvalue weighted by Crippen LogP contribution is -2.26. The molecule has 0 aliphatic carbocycles. The summed E-state index contributed by atoms with van der Waals surface area (Å²) in [5, 5.41) is 3.59. The first-order valence-corrected chi connectivity index (χ1v) is 3.83. The third-order valence-corrected chi connectivity index (χ3v) is 1.26. The monoisotopic (exact) mass is 197 g/mol. The third-order valence-electron chi connectivity index (χ3n) is 1.26. The molecule has 0 aliphatic heterocycles. The Morgan fingerprint density at radius 2 is 2.21 bits per heavy atom. The van der Waals surface area contributed by atoms with Crippen molar-refractivity contribution in [2.75, 3.05) is 6.54 Å². The van der Waals surface area contributed by atoms with E-state index in [0.717, 1.165) is 0 Å². The van der Waals surface area contributed by atoms with Gasteiger partial charge in [0.05, 0.1) is 6.54 Å². The summed E-state index contributed by atoms with van der Waals surface area (Å²) in [7, 11) is 0. The Balaban J connectivity index is 2.37. The molecule has 0 spiro atoms. The minimum absolute atomic E-state index is 0.0356. The Morgan fingerprint density at radius 3 is 2.79 bits per heavy atom. The van der Waals surface area contributed by atoms with Crippen LogP contribution in [-0.4, -0.2) is 28.6 Å². The van der Waals surface area contributed by atoms with Crippen LogP contribution in [0.5, 0.6) is 0 Å². The lowest BCUT2D eigenvalue weighted by Gasteiger charge is -1.93. The summed E-state index contributed by atoms with van der Waals surface area (Å²) < 4.78 is 4.53. The number of aromatic nitrogens is 2. The lowest BCUT2D eigenvalue weighted by atomic mass is 10.4. The van der Waals surface area contributed by atoms with Gasteiger partial charge in [-0.05, 0) is 0 Å². The van der Waals surface area contributed by atoms with Crippen molar-refractivity contribution in [1.82, 2.24) is 10.1 Å². The van der Waals surface area contributed by atoms with E-state index in [2.05, 4.69) is 24.6 Å². The molecule has 14 heavy (non-hydrogen) atoms. The largest absolute Gasteiger partial charge is 0.370 e. The number of guanidine groups is 2. The van der Waals surface area contributed by atoms with E-state index in [9.17, 15) is 0 Å². The van der Waals surface area contributed by atoms with Crippen molar-refractivity contribution in [3.8, 4) is 0 Å². The lowest BCUT2D eigenvalue weighted by molar-refractivity contribution is 0.410. The van der Waals surface area contributed by atoms with E-state index in [0.29, 0.717) is 18.8 Å². The van der Waals surface area contributed by atoms with Crippen molar-refractivity contribution < 1.29 is 4.52 Å². The van der Waals surface area contributed by atoms with Crippen molar-refractivity contribution in [3.63, 3.8) is 0 Å². The minimum atomic E-state index is -0.120. The molecule has 0 fully saturated rings. The Morgan fingerprint density at radius 1 is 1.43 bits per heavy atom. The summed E-state index contributed by atoms with van der Waals surface area (Å²) >= 11 is 0. The maximum absolute atomic E-state index is 5.35. The van der Waals surface area contributed by atoms with Gasteiger partial charge in [-0.3, -0.25) is 4.99 Å². The van der Waals surface area contributed by atoms with Gasteiger partial charge in [-0.15, -0.1) is 0 Å². The van der Waals surface area contributed by atoms with Gasteiger partial charge in [-0.2, -0.15) is 9.98 Å². The Bertz CT molecular complexity index is 324. The SMILES string of the molecule is NC(N)=NC(N)=NCCc1ncon1. The van der Waals surface area contributed by atoms with Gasteiger partial charge in [-0.25, -0.2) is 0 Å². The van der Waals surface area contributed by atoms with E-state index in [4.69, 9.17) is 17.2 Å². The van der Waals surface area contributed by atoms with Gasteiger partial charge in [0.2, 0.25) is 12.4 Å². The van der Waals surface area contributed by atoms with Gasteiger partial charge >= 0.3 is 0 Å². The van der Waals surface area contributed by atoms with Crippen molar-refractivity contribution in [1.29, 1.82) is 0 Å². The molecule has 1 heterocycles. The predicted molar refractivity (Wildman–Crippen MR) is 50.3 cm³/mol. The van der Waals surface area contributed by atoms with Crippen molar-refractivity contribution in [2.24, 2.45) is 27.2 Å². The summed E-state index contributed by atoms with van der Waals surface area (Å²) in [6, 6.07) is 0. The first kappa shape index (κ1) is 9.96. The Kier molecular flexibility index (Phi) is 3.41. The quantitative estimate of drug-likeness (QED) is 0.385. The van der Waals surface area contributed by atoms with E-state index < -0.39 is 0 Å². The first-order chi connectivity index (χ1) is 6.68. The van der Waals surface area contributed by atoms with Crippen LogP contribution in [0.15, 0.2) is 20.9 Å². The van der Waals surface area contributed by atoms with Crippen molar-refractivity contribution in [3.05, 3.63) is 12.2 Å². The number of aliphatic imine (C=N–C) groups is 2. The molecule has 0 bridgehead atoms. The zero-order valence-electron chi connectivity index (χ0n) is 7.42. The second-order valence-electron chi connectivity index (χ2n) is 2.37. The predicted octanol–water partition coefficient (Wildman–Crippen LogP) is -1.80. The van der Waals surface area contributed by atoms with Crippen LogP contribution in [0, 0.1) is 0 Å². The molecule has 0 amide bonds. The molecule has 1 aromatic rings. The zero-order valence-corrected chi connectivity index (χ0v) is 7.42. The summed E-state index contributed by atoms with van der Waals surface area (Å²) in [6.45, 7) is 0.405. The molecule has 76 valence electrons. The molecule has 0 radical (unpaired) electrons. The van der Waals surface area contributed by atoms with Crippen LogP contribution in [0.4, 0.5) is 0 Å². The van der Waals surface area contributed by atoms with Crippen LogP contribution in [0.1, 0.15) is 5.82 Å². The fourth-order valence-electron chi connectivity index (χ4n) is 0.741. The highest BCUT2D eigenvalue weighted by Crippen LogP contribution is 1.90. The van der Waals surface area contributed by atoms with Gasteiger partial charge in [0, 0.05) is 6.42 Å². The van der Waals surface area contributed by atoms with Crippen molar-refractivity contribution >= 4 is 11.9 Å². The molecule has 8 nitrogen and oxygen atoms in total. The van der Waals surface area contributed by atoms with Gasteiger partial charge in [-0.1, -0.05) is 5.16 Å². The average Bonchev–Trinajstić information content (AvgIpc) is 2.55. The summed E-state index contributed by atoms with van der Waals surface area (Å²) in [6.07, 6.45) is 1.77. The zero-order chi connectivity index (χ0) is 10.4. The normalized spacial score (nSPS) is 11.3. The number of rotatable bonds is 3. The molecule has 1 rings (SSSR count). The molecule has 0 aliphatic rings. The fraction of sp³-hybridized carbons (Fsp3) is 0.333. The van der Waals surface area contributed by atoms with Crippen LogP contribution in [-0.2, 0) is 6.42 Å². The smallest absolute Gasteiger partial charge is 0.218 e. The van der Waals surface area contributed by atoms with Crippen LogP contribution in [0.2, 0.25) is 0 Å². The maximum atomic E-state index is 5.35. The molecule has 1 aromatic heterocycles. The average molecular weight is 197 g/mol. The highest BCUT2D eigenvalue weighted by Gasteiger charge is 1.96. The van der Waals surface area contributed by atoms with Crippen molar-refractivity contribution in [2.45, 2.75) is 6.42 Å². The number of hydrogen-bond acceptors (Lipinski definition) is 4. The molecule has 0 atom stereocenters. The van der Waals surface area contributed by atoms with Gasteiger partial charge in [0.1, 0.15) is 0 Å². The van der Waals surface area contributed by atoms with Gasteiger partial charge in [0.15, 0.2) is 11.8 Å². The molecule has 6 N–H and O–H groups in total. The van der Waals surface area contributed by atoms with E-state index in [1.165, 1.54) is 6.39 Å². The molecule has 0 aromatic carbocycles. The fourth-order valence-corrected chi connectivity index (χ4v) is 0.741. The summed E-state index contributed by atoms with van der Waals surface area (Å²) in [5.41, 5.74) is 15.5. The molecule has 0 unspecified atom stereocenters. The van der Waals surface area contributed by atoms with Gasteiger partial charge in [0.25, 0.3) is 0 Å². The standard InChI is InChI=1S/C6H11N7O/c7-5(8)12-6(9)10-2-1-4-11-3-14-13-4/h3H,1-2H2,(H6,7,8,9,10,12). The van der Waals surface area contributed by atoms with Crippen LogP contribution >= 0.6 is 0 Å². The second-order valence-corrected chi connectivity index (χ2v) is 2.37. The first-order valence-electron chi connectivity index (χ1n) is 3.83. The van der Waals surface area contributed by atoms with E-state index in [-0.39, 0.29) is 11.9 Å². The molecular weight excluding hydrogens is 186 g/mol. The number of nitrogens with zero attached hydrogens (tertiary/aromatic N) is 4. The summed E-state index contributed by atoms with van der Waals surface area (Å²) in [5.74, 6) is 0.477. The summed E-state index contributed by atoms with van der Waals surface area (Å²) in [4.78, 5) is 11.2. The second kappa shape index (κ2) is 4.80. The van der Waals surface area contributed by atoms with Crippen LogP contribution in [0.3, 0.4) is 0 Å². The van der Waals surface area contributed by atoms with Crippen LogP contribution in [0.25, 0.3) is 0 Å². The minimum Gasteiger partial charge on any atom is -0.370 e. The molecule has 8 heteroatoms. The highest BCUT2D eigenvalue weighted by atomic mass is 16.5.